The van der Waals surface area contributed by atoms with Crippen LogP contribution in [0.1, 0.15) is 44.0 Å². The molecule has 1 unspecified atom stereocenters. The van der Waals surface area contributed by atoms with Crippen molar-refractivity contribution in [3.8, 4) is 0 Å². The fourth-order valence-electron chi connectivity index (χ4n) is 2.48. The van der Waals surface area contributed by atoms with Crippen LogP contribution in [0.4, 0.5) is 0 Å². The minimum atomic E-state index is 0.0810. The van der Waals surface area contributed by atoms with E-state index in [1.54, 1.807) is 6.20 Å². The third kappa shape index (κ3) is 3.21. The van der Waals surface area contributed by atoms with Crippen molar-refractivity contribution in [3.63, 3.8) is 0 Å². The summed E-state index contributed by atoms with van der Waals surface area (Å²) in [7, 11) is 0. The first-order valence-electron chi connectivity index (χ1n) is 7.47. The fourth-order valence-corrected chi connectivity index (χ4v) is 2.74. The smallest absolute Gasteiger partial charge is 0.254 e. The number of aromatic nitrogens is 1. The van der Waals surface area contributed by atoms with Crippen LogP contribution in [0.5, 0.6) is 0 Å². The molecular weight excluding hydrogens is 280 g/mol. The Morgan fingerprint density at radius 2 is 2.10 bits per heavy atom. The Morgan fingerprint density at radius 1 is 1.33 bits per heavy atom. The molecule has 0 fully saturated rings. The molecule has 1 aromatic carbocycles. The van der Waals surface area contributed by atoms with Gasteiger partial charge in [-0.3, -0.25) is 9.78 Å². The Labute approximate surface area is 131 Å². The predicted molar refractivity (Wildman–Crippen MR) is 90.1 cm³/mol. The Morgan fingerprint density at radius 3 is 2.76 bits per heavy atom. The highest BCUT2D eigenvalue weighted by Gasteiger charge is 2.21. The molecule has 0 bridgehead atoms. The van der Waals surface area contributed by atoms with Crippen molar-refractivity contribution < 1.29 is 4.79 Å². The van der Waals surface area contributed by atoms with Crippen molar-refractivity contribution in [2.75, 3.05) is 6.54 Å². The molecule has 3 nitrogen and oxygen atoms in total. The van der Waals surface area contributed by atoms with E-state index < -0.39 is 0 Å². The third-order valence-electron chi connectivity index (χ3n) is 3.83. The summed E-state index contributed by atoms with van der Waals surface area (Å²) in [5.41, 5.74) is 1.50. The van der Waals surface area contributed by atoms with Gasteiger partial charge in [0.1, 0.15) is 0 Å². The first-order chi connectivity index (χ1) is 10.1. The van der Waals surface area contributed by atoms with Gasteiger partial charge in [0.2, 0.25) is 0 Å². The zero-order valence-electron chi connectivity index (χ0n) is 12.8. The number of hydrogen-bond donors (Lipinski definition) is 1. The van der Waals surface area contributed by atoms with E-state index in [9.17, 15) is 4.79 Å². The number of thiol groups is 1. The van der Waals surface area contributed by atoms with Crippen LogP contribution < -0.4 is 0 Å². The number of carbonyl (C=O) groups excluding carboxylic acids is 1. The van der Waals surface area contributed by atoms with Gasteiger partial charge in [-0.1, -0.05) is 19.9 Å². The zero-order chi connectivity index (χ0) is 15.4. The van der Waals surface area contributed by atoms with E-state index in [1.165, 1.54) is 0 Å². The van der Waals surface area contributed by atoms with Gasteiger partial charge < -0.3 is 4.90 Å². The molecule has 1 aromatic heterocycles. The molecule has 2 aromatic rings. The van der Waals surface area contributed by atoms with Gasteiger partial charge in [-0.25, -0.2) is 0 Å². The Balaban J connectivity index is 2.49. The summed E-state index contributed by atoms with van der Waals surface area (Å²) in [4.78, 5) is 20.0. The molecular formula is C17H22N2OS. The molecule has 1 atom stereocenters. The van der Waals surface area contributed by atoms with Crippen LogP contribution in [-0.4, -0.2) is 28.4 Å². The molecule has 0 aliphatic heterocycles. The maximum absolute atomic E-state index is 12.9. The van der Waals surface area contributed by atoms with Crippen LogP contribution >= 0.6 is 12.6 Å². The van der Waals surface area contributed by atoms with Gasteiger partial charge in [-0.2, -0.15) is 0 Å². The molecule has 0 saturated heterocycles. The minimum Gasteiger partial charge on any atom is -0.336 e. The van der Waals surface area contributed by atoms with Gasteiger partial charge in [0.05, 0.1) is 5.52 Å². The monoisotopic (exact) mass is 302 g/mol. The zero-order valence-corrected chi connectivity index (χ0v) is 13.7. The van der Waals surface area contributed by atoms with Crippen LogP contribution in [0.25, 0.3) is 10.9 Å². The van der Waals surface area contributed by atoms with E-state index in [4.69, 9.17) is 0 Å². The van der Waals surface area contributed by atoms with Gasteiger partial charge in [-0.05, 0) is 38.0 Å². The lowest BCUT2D eigenvalue weighted by atomic mass is 10.1. The number of hydrogen-bond acceptors (Lipinski definition) is 3. The Kier molecular flexibility index (Phi) is 5.23. The first-order valence-corrected chi connectivity index (χ1v) is 7.92. The molecule has 0 aliphatic carbocycles. The molecule has 112 valence electrons. The molecule has 0 radical (unpaired) electrons. The second-order valence-corrected chi connectivity index (χ2v) is 5.77. The number of amides is 1. The third-order valence-corrected chi connectivity index (χ3v) is 4.19. The summed E-state index contributed by atoms with van der Waals surface area (Å²) in [5.74, 6) is 0.0810. The molecule has 1 amide bonds. The molecule has 4 heteroatoms. The number of rotatable bonds is 5. The summed E-state index contributed by atoms with van der Waals surface area (Å²) < 4.78 is 0. The second kappa shape index (κ2) is 6.94. The average Bonchev–Trinajstić information content (AvgIpc) is 2.52. The molecule has 0 aliphatic rings. The van der Waals surface area contributed by atoms with Crippen molar-refractivity contribution >= 4 is 29.4 Å². The number of carbonyl (C=O) groups is 1. The van der Waals surface area contributed by atoms with E-state index in [0.29, 0.717) is 5.56 Å². The highest BCUT2D eigenvalue weighted by Crippen LogP contribution is 2.25. The lowest BCUT2D eigenvalue weighted by molar-refractivity contribution is 0.0690. The van der Waals surface area contributed by atoms with E-state index in [1.807, 2.05) is 29.2 Å². The van der Waals surface area contributed by atoms with E-state index >= 15 is 0 Å². The molecule has 0 spiro atoms. The van der Waals surface area contributed by atoms with Crippen LogP contribution in [0.3, 0.4) is 0 Å². The number of fused-ring (bicyclic) bond motifs is 1. The molecule has 0 N–H and O–H groups in total. The molecule has 21 heavy (non-hydrogen) atoms. The molecule has 1 heterocycles. The number of pyridine rings is 1. The van der Waals surface area contributed by atoms with Crippen molar-refractivity contribution in [3.05, 3.63) is 36.0 Å². The highest BCUT2D eigenvalue weighted by molar-refractivity contribution is 7.80. The van der Waals surface area contributed by atoms with Gasteiger partial charge in [-0.15, -0.1) is 12.6 Å². The largest absolute Gasteiger partial charge is 0.336 e. The second-order valence-electron chi connectivity index (χ2n) is 5.29. The minimum absolute atomic E-state index is 0.0810. The van der Waals surface area contributed by atoms with Crippen molar-refractivity contribution in [1.29, 1.82) is 0 Å². The quantitative estimate of drug-likeness (QED) is 0.841. The number of benzene rings is 1. The lowest BCUT2D eigenvalue weighted by Crippen LogP contribution is -2.39. The standard InChI is InChI=1S/C17H22N2OS/c1-4-11-19(12(3)5-2)17(20)14-8-9-15(21)16-13(14)7-6-10-18-16/h6-10,12,21H,4-5,11H2,1-3H3. The maximum Gasteiger partial charge on any atom is 0.254 e. The van der Waals surface area contributed by atoms with Gasteiger partial charge >= 0.3 is 0 Å². The van der Waals surface area contributed by atoms with Crippen LogP contribution in [0.2, 0.25) is 0 Å². The summed E-state index contributed by atoms with van der Waals surface area (Å²) in [6.07, 6.45) is 3.64. The van der Waals surface area contributed by atoms with Crippen LogP contribution in [-0.2, 0) is 0 Å². The lowest BCUT2D eigenvalue weighted by Gasteiger charge is -2.28. The van der Waals surface area contributed by atoms with Gasteiger partial charge in [0.15, 0.2) is 0 Å². The first kappa shape index (κ1) is 15.8. The van der Waals surface area contributed by atoms with Crippen molar-refractivity contribution in [1.82, 2.24) is 9.88 Å². The normalized spacial score (nSPS) is 12.4. The summed E-state index contributed by atoms with van der Waals surface area (Å²) in [6.45, 7) is 7.08. The topological polar surface area (TPSA) is 33.2 Å². The highest BCUT2D eigenvalue weighted by atomic mass is 32.1. The Bertz CT molecular complexity index is 642. The van der Waals surface area contributed by atoms with Crippen LogP contribution in [0, 0.1) is 0 Å². The summed E-state index contributed by atoms with van der Waals surface area (Å²) in [6, 6.07) is 7.75. The molecule has 0 saturated carbocycles. The van der Waals surface area contributed by atoms with E-state index in [2.05, 4.69) is 38.4 Å². The average molecular weight is 302 g/mol. The predicted octanol–water partition coefficient (Wildman–Crippen LogP) is 4.17. The van der Waals surface area contributed by atoms with Gasteiger partial charge in [0, 0.05) is 34.6 Å². The SMILES string of the molecule is CCCN(C(=O)c1ccc(S)c2ncccc12)C(C)CC. The van der Waals surface area contributed by atoms with E-state index in [-0.39, 0.29) is 11.9 Å². The van der Waals surface area contributed by atoms with Crippen molar-refractivity contribution in [2.24, 2.45) is 0 Å². The maximum atomic E-state index is 12.9. The van der Waals surface area contributed by atoms with Crippen molar-refractivity contribution in [2.45, 2.75) is 44.6 Å². The Hall–Kier alpha value is -1.55. The fraction of sp³-hybridized carbons (Fsp3) is 0.412. The van der Waals surface area contributed by atoms with Crippen LogP contribution in [0.15, 0.2) is 35.4 Å². The number of nitrogens with zero attached hydrogens (tertiary/aromatic N) is 2. The van der Waals surface area contributed by atoms with E-state index in [0.717, 1.165) is 35.2 Å². The summed E-state index contributed by atoms with van der Waals surface area (Å²) in [5, 5.41) is 0.874. The molecule has 2 rings (SSSR count). The van der Waals surface area contributed by atoms with Gasteiger partial charge in [0.25, 0.3) is 5.91 Å². The summed E-state index contributed by atoms with van der Waals surface area (Å²) >= 11 is 4.43.